The Morgan fingerprint density at radius 2 is 1.90 bits per heavy atom. The normalized spacial score (nSPS) is 13.3. The Balaban J connectivity index is 2.72. The van der Waals surface area contributed by atoms with Crippen LogP contribution in [0.25, 0.3) is 0 Å². The first kappa shape index (κ1) is 17.7. The molecule has 2 N–H and O–H groups in total. The van der Waals surface area contributed by atoms with E-state index in [1.807, 2.05) is 6.92 Å². The minimum absolute atomic E-state index is 0.0156. The van der Waals surface area contributed by atoms with Gasteiger partial charge in [-0.25, -0.2) is 17.9 Å². The van der Waals surface area contributed by atoms with Crippen LogP contribution in [0.15, 0.2) is 29.2 Å². The molecular weight excluding hydrogens is 290 g/mol. The molecule has 0 radical (unpaired) electrons. The summed E-state index contributed by atoms with van der Waals surface area (Å²) in [6, 6.07) is 5.19. The zero-order valence-corrected chi connectivity index (χ0v) is 13.5. The van der Waals surface area contributed by atoms with E-state index in [4.69, 9.17) is 5.11 Å². The molecule has 6 heteroatoms. The van der Waals surface area contributed by atoms with Crippen LogP contribution in [-0.2, 0) is 10.0 Å². The first-order valence-corrected chi connectivity index (χ1v) is 8.56. The molecule has 1 aromatic rings. The number of benzene rings is 1. The van der Waals surface area contributed by atoms with Crippen molar-refractivity contribution in [2.45, 2.75) is 51.0 Å². The number of hydrogen-bond donors (Lipinski definition) is 2. The monoisotopic (exact) mass is 313 g/mol. The van der Waals surface area contributed by atoms with Crippen LogP contribution in [0.3, 0.4) is 0 Å². The Kier molecular flexibility index (Phi) is 6.36. The number of aromatic carboxylic acids is 1. The summed E-state index contributed by atoms with van der Waals surface area (Å²) in [6.45, 7) is 6.08. The number of carbonyl (C=O) groups is 1. The maximum atomic E-state index is 12.2. The summed E-state index contributed by atoms with van der Waals surface area (Å²) in [7, 11) is -3.68. The van der Waals surface area contributed by atoms with Gasteiger partial charge < -0.3 is 5.11 Å². The summed E-state index contributed by atoms with van der Waals surface area (Å²) in [6.07, 6.45) is 2.77. The van der Waals surface area contributed by atoms with Gasteiger partial charge in [0.05, 0.1) is 10.5 Å². The van der Waals surface area contributed by atoms with Crippen LogP contribution in [0, 0.1) is 5.92 Å². The predicted molar refractivity (Wildman–Crippen MR) is 81.9 cm³/mol. The van der Waals surface area contributed by atoms with Crippen LogP contribution in [-0.4, -0.2) is 25.5 Å². The minimum atomic E-state index is -3.68. The van der Waals surface area contributed by atoms with Crippen LogP contribution in [0.2, 0.25) is 0 Å². The quantitative estimate of drug-likeness (QED) is 0.773. The van der Waals surface area contributed by atoms with Gasteiger partial charge in [0.2, 0.25) is 10.0 Å². The molecular formula is C15H23NO4S. The molecule has 0 spiro atoms. The van der Waals surface area contributed by atoms with E-state index in [0.717, 1.165) is 19.3 Å². The molecule has 21 heavy (non-hydrogen) atoms. The van der Waals surface area contributed by atoms with Crippen molar-refractivity contribution in [3.63, 3.8) is 0 Å². The fourth-order valence-electron chi connectivity index (χ4n) is 2.02. The molecule has 5 nitrogen and oxygen atoms in total. The maximum absolute atomic E-state index is 12.2. The van der Waals surface area contributed by atoms with Crippen LogP contribution in [0.4, 0.5) is 0 Å². The van der Waals surface area contributed by atoms with Crippen LogP contribution >= 0.6 is 0 Å². The molecule has 1 aromatic carbocycles. The number of carboxylic acids is 1. The van der Waals surface area contributed by atoms with Gasteiger partial charge in [-0.3, -0.25) is 0 Å². The van der Waals surface area contributed by atoms with Crippen molar-refractivity contribution >= 4 is 16.0 Å². The van der Waals surface area contributed by atoms with E-state index in [0.29, 0.717) is 5.92 Å². The molecule has 118 valence electrons. The average Bonchev–Trinajstić information content (AvgIpc) is 2.37. The van der Waals surface area contributed by atoms with E-state index in [1.165, 1.54) is 24.3 Å². The topological polar surface area (TPSA) is 83.5 Å². The second kappa shape index (κ2) is 7.56. The summed E-state index contributed by atoms with van der Waals surface area (Å²) in [5, 5.41) is 8.91. The van der Waals surface area contributed by atoms with Gasteiger partial charge in [-0.05, 0) is 37.5 Å². The molecule has 0 saturated heterocycles. The van der Waals surface area contributed by atoms with Gasteiger partial charge >= 0.3 is 5.97 Å². The zero-order valence-electron chi connectivity index (χ0n) is 12.7. The molecule has 0 fully saturated rings. The molecule has 0 aliphatic carbocycles. The fraction of sp³-hybridized carbons (Fsp3) is 0.533. The minimum Gasteiger partial charge on any atom is -0.478 e. The van der Waals surface area contributed by atoms with Crippen molar-refractivity contribution < 1.29 is 18.3 Å². The summed E-state index contributed by atoms with van der Waals surface area (Å²) in [5.74, 6) is -0.543. The highest BCUT2D eigenvalue weighted by molar-refractivity contribution is 7.89. The van der Waals surface area contributed by atoms with Gasteiger partial charge in [-0.15, -0.1) is 0 Å². The summed E-state index contributed by atoms with van der Waals surface area (Å²) in [5.41, 5.74) is -0.0367. The lowest BCUT2D eigenvalue weighted by Gasteiger charge is -2.15. The maximum Gasteiger partial charge on any atom is 0.335 e. The van der Waals surface area contributed by atoms with Crippen molar-refractivity contribution in [1.29, 1.82) is 0 Å². The summed E-state index contributed by atoms with van der Waals surface area (Å²) >= 11 is 0. The Morgan fingerprint density at radius 1 is 1.24 bits per heavy atom. The van der Waals surface area contributed by atoms with E-state index in [9.17, 15) is 13.2 Å². The summed E-state index contributed by atoms with van der Waals surface area (Å²) < 4.78 is 27.0. The third-order valence-electron chi connectivity index (χ3n) is 3.17. The van der Waals surface area contributed by atoms with Crippen LogP contribution < -0.4 is 4.72 Å². The molecule has 0 bridgehead atoms. The molecule has 1 rings (SSSR count). The SMILES string of the molecule is CC(C)CCCC(C)NS(=O)(=O)c1cccc(C(=O)O)c1. The van der Waals surface area contributed by atoms with Crippen molar-refractivity contribution in [3.8, 4) is 0 Å². The first-order chi connectivity index (χ1) is 9.72. The molecule has 0 heterocycles. The third kappa shape index (κ3) is 5.85. The zero-order chi connectivity index (χ0) is 16.0. The van der Waals surface area contributed by atoms with Crippen LogP contribution in [0.1, 0.15) is 50.4 Å². The van der Waals surface area contributed by atoms with E-state index < -0.39 is 16.0 Å². The van der Waals surface area contributed by atoms with Crippen molar-refractivity contribution in [3.05, 3.63) is 29.8 Å². The molecule has 0 amide bonds. The molecule has 1 atom stereocenters. The smallest absolute Gasteiger partial charge is 0.335 e. The highest BCUT2D eigenvalue weighted by Crippen LogP contribution is 2.14. The lowest BCUT2D eigenvalue weighted by atomic mass is 10.0. The second-order valence-electron chi connectivity index (χ2n) is 5.68. The van der Waals surface area contributed by atoms with E-state index >= 15 is 0 Å². The van der Waals surface area contributed by atoms with E-state index in [1.54, 1.807) is 0 Å². The summed E-state index contributed by atoms with van der Waals surface area (Å²) in [4.78, 5) is 10.9. The van der Waals surface area contributed by atoms with Crippen molar-refractivity contribution in [2.75, 3.05) is 0 Å². The van der Waals surface area contributed by atoms with Gasteiger partial charge in [-0.2, -0.15) is 0 Å². The van der Waals surface area contributed by atoms with Gasteiger partial charge in [0.15, 0.2) is 0 Å². The standard InChI is InChI=1S/C15H23NO4S/c1-11(2)6-4-7-12(3)16-21(19,20)14-9-5-8-13(10-14)15(17)18/h5,8-12,16H,4,6-7H2,1-3H3,(H,17,18). The second-order valence-corrected chi connectivity index (χ2v) is 7.39. The number of hydrogen-bond acceptors (Lipinski definition) is 3. The Labute approximate surface area is 126 Å². The molecule has 0 aliphatic heterocycles. The Bertz CT molecular complexity index is 581. The Hall–Kier alpha value is -1.40. The lowest BCUT2D eigenvalue weighted by Crippen LogP contribution is -2.32. The highest BCUT2D eigenvalue weighted by atomic mass is 32.2. The van der Waals surface area contributed by atoms with Crippen LogP contribution in [0.5, 0.6) is 0 Å². The first-order valence-electron chi connectivity index (χ1n) is 7.08. The highest BCUT2D eigenvalue weighted by Gasteiger charge is 2.18. The van der Waals surface area contributed by atoms with Crippen molar-refractivity contribution in [1.82, 2.24) is 4.72 Å². The van der Waals surface area contributed by atoms with Gasteiger partial charge in [0.1, 0.15) is 0 Å². The largest absolute Gasteiger partial charge is 0.478 e. The molecule has 0 aromatic heterocycles. The number of nitrogens with one attached hydrogen (secondary N) is 1. The predicted octanol–water partition coefficient (Wildman–Crippen LogP) is 2.88. The average molecular weight is 313 g/mol. The van der Waals surface area contributed by atoms with E-state index in [-0.39, 0.29) is 16.5 Å². The number of sulfonamides is 1. The number of rotatable bonds is 8. The third-order valence-corrected chi connectivity index (χ3v) is 4.75. The molecule has 0 aliphatic rings. The lowest BCUT2D eigenvalue weighted by molar-refractivity contribution is 0.0696. The van der Waals surface area contributed by atoms with Crippen molar-refractivity contribution in [2.24, 2.45) is 5.92 Å². The fourth-order valence-corrected chi connectivity index (χ4v) is 3.34. The molecule has 1 unspecified atom stereocenters. The van der Waals surface area contributed by atoms with Gasteiger partial charge in [-0.1, -0.05) is 32.8 Å². The number of carboxylic acid groups (broad SMARTS) is 1. The Morgan fingerprint density at radius 3 is 2.48 bits per heavy atom. The molecule has 0 saturated carbocycles. The van der Waals surface area contributed by atoms with Gasteiger partial charge in [0, 0.05) is 6.04 Å². The van der Waals surface area contributed by atoms with Gasteiger partial charge in [0.25, 0.3) is 0 Å². The van der Waals surface area contributed by atoms with E-state index in [2.05, 4.69) is 18.6 Å².